The van der Waals surface area contributed by atoms with E-state index in [2.05, 4.69) is 6.92 Å². The first kappa shape index (κ1) is 40.5. The molecule has 2 nitrogen and oxygen atoms in total. The van der Waals surface area contributed by atoms with E-state index in [9.17, 15) is 66.3 Å². The first-order valence-electron chi connectivity index (χ1n) is 13.9. The van der Waals surface area contributed by atoms with Gasteiger partial charge in [-0.15, -0.1) is 0 Å². The molecule has 0 heterocycles. The largest absolute Gasteiger partial charge is 0.479 e. The highest BCUT2D eigenvalue weighted by molar-refractivity contribution is 5.79. The predicted octanol–water partition coefficient (Wildman–Crippen LogP) is 11.2. The quantitative estimate of drug-likeness (QED) is 0.0884. The predicted molar refractivity (Wildman–Crippen MR) is 126 cm³/mol. The second-order valence-corrected chi connectivity index (χ2v) is 10.5. The van der Waals surface area contributed by atoms with E-state index in [1.807, 2.05) is 0 Å². The van der Waals surface area contributed by atoms with E-state index < -0.39 is 60.3 Å². The average molecular weight is 649 g/mol. The topological polar surface area (TPSA) is 37.3 Å². The molecular formula is C26H38F14O2. The van der Waals surface area contributed by atoms with Crippen LogP contribution in [0.25, 0.3) is 0 Å². The fourth-order valence-electron chi connectivity index (χ4n) is 4.33. The van der Waals surface area contributed by atoms with Crippen molar-refractivity contribution in [3.05, 3.63) is 0 Å². The van der Waals surface area contributed by atoms with Gasteiger partial charge in [0.15, 0.2) is 0 Å². The Balaban J connectivity index is 4.98. The Morgan fingerprint density at radius 2 is 0.690 bits per heavy atom. The summed E-state index contributed by atoms with van der Waals surface area (Å²) in [5.74, 6) is -43.3. The van der Waals surface area contributed by atoms with Crippen molar-refractivity contribution in [2.24, 2.45) is 0 Å². The number of rotatable bonds is 23. The molecule has 0 rings (SSSR count). The number of unbranched alkanes of at least 4 members (excludes halogenated alkanes) is 15. The summed E-state index contributed by atoms with van der Waals surface area (Å²) in [4.78, 5) is 11.1. The van der Waals surface area contributed by atoms with Gasteiger partial charge in [0, 0.05) is 0 Å². The molecule has 42 heavy (non-hydrogen) atoms. The number of carboxylic acids is 1. The molecule has 0 radical (unpaired) electrons. The Labute approximate surface area is 235 Å². The minimum Gasteiger partial charge on any atom is -0.479 e. The number of carboxylic acid groups (broad SMARTS) is 1. The molecule has 1 atom stereocenters. The van der Waals surface area contributed by atoms with E-state index in [0.29, 0.717) is 12.8 Å². The van der Waals surface area contributed by atoms with Gasteiger partial charge < -0.3 is 5.11 Å². The van der Waals surface area contributed by atoms with Crippen LogP contribution in [-0.4, -0.2) is 52.5 Å². The standard InChI is InChI=1S/C26H38F14O2/c1-2-3-4-5-6-7-8-9-10-11-12-13-14-15-16-17-18-20(27,19(41)42)21(28,29)22(30,31)23(32,33)24(34,35)25(36,37)26(38,39)40/h2-18H2,1H3,(H,41,42). The third-order valence-corrected chi connectivity index (χ3v) is 7.14. The van der Waals surface area contributed by atoms with Crippen molar-refractivity contribution in [1.29, 1.82) is 0 Å². The van der Waals surface area contributed by atoms with E-state index in [1.165, 1.54) is 32.1 Å². The van der Waals surface area contributed by atoms with Crippen LogP contribution in [0.3, 0.4) is 0 Å². The van der Waals surface area contributed by atoms with Crippen LogP contribution in [-0.2, 0) is 4.79 Å². The molecule has 0 aliphatic carbocycles. The second-order valence-electron chi connectivity index (χ2n) is 10.5. The van der Waals surface area contributed by atoms with Gasteiger partial charge in [0.1, 0.15) is 0 Å². The average Bonchev–Trinajstić information content (AvgIpc) is 2.86. The molecule has 0 amide bonds. The van der Waals surface area contributed by atoms with Crippen LogP contribution in [0.4, 0.5) is 61.5 Å². The molecule has 0 bridgehead atoms. The first-order chi connectivity index (χ1) is 19.0. The highest BCUT2D eigenvalue weighted by atomic mass is 19.4. The summed E-state index contributed by atoms with van der Waals surface area (Å²) in [6.45, 7) is 2.13. The maximum atomic E-state index is 14.7. The Bertz CT molecular complexity index is 798. The lowest BCUT2D eigenvalue weighted by atomic mass is 9.82. The highest BCUT2D eigenvalue weighted by Crippen LogP contribution is 2.62. The monoisotopic (exact) mass is 648 g/mol. The van der Waals surface area contributed by atoms with E-state index >= 15 is 0 Å². The van der Waals surface area contributed by atoms with Crippen LogP contribution in [0, 0.1) is 0 Å². The molecular weight excluding hydrogens is 610 g/mol. The number of hydrogen-bond acceptors (Lipinski definition) is 1. The molecule has 0 aromatic heterocycles. The molecule has 1 N–H and O–H groups in total. The van der Waals surface area contributed by atoms with Gasteiger partial charge in [-0.25, -0.2) is 9.18 Å². The maximum absolute atomic E-state index is 14.7. The molecule has 0 spiro atoms. The molecule has 0 fully saturated rings. The van der Waals surface area contributed by atoms with Gasteiger partial charge in [-0.05, 0) is 12.8 Å². The van der Waals surface area contributed by atoms with Crippen LogP contribution in [0.1, 0.15) is 116 Å². The minimum atomic E-state index is -8.25. The maximum Gasteiger partial charge on any atom is 0.460 e. The summed E-state index contributed by atoms with van der Waals surface area (Å²) >= 11 is 0. The Hall–Kier alpha value is -1.51. The van der Waals surface area contributed by atoms with E-state index in [4.69, 9.17) is 5.11 Å². The number of hydrogen-bond donors (Lipinski definition) is 1. The van der Waals surface area contributed by atoms with Gasteiger partial charge in [-0.3, -0.25) is 0 Å². The molecule has 0 aromatic rings. The molecule has 0 saturated carbocycles. The lowest BCUT2D eigenvalue weighted by Gasteiger charge is -2.42. The highest BCUT2D eigenvalue weighted by Gasteiger charge is 2.93. The number of alkyl halides is 14. The molecule has 0 saturated heterocycles. The van der Waals surface area contributed by atoms with Crippen LogP contribution < -0.4 is 0 Å². The summed E-state index contributed by atoms with van der Waals surface area (Å²) in [6, 6.07) is 0. The molecule has 0 aromatic carbocycles. The summed E-state index contributed by atoms with van der Waals surface area (Å²) in [6.07, 6.45) is 2.09. The fourth-order valence-corrected chi connectivity index (χ4v) is 4.33. The SMILES string of the molecule is CCCCCCCCCCCCCCCCCCC(F)(C(=O)O)C(F)(F)C(F)(F)C(F)(F)C(F)(F)C(F)(F)C(F)(F)F. The molecule has 0 aliphatic heterocycles. The molecule has 252 valence electrons. The van der Waals surface area contributed by atoms with Gasteiger partial charge in [-0.2, -0.15) is 57.1 Å². The smallest absolute Gasteiger partial charge is 0.460 e. The van der Waals surface area contributed by atoms with E-state index in [-0.39, 0.29) is 12.8 Å². The molecule has 16 heteroatoms. The van der Waals surface area contributed by atoms with Crippen molar-refractivity contribution >= 4 is 5.97 Å². The van der Waals surface area contributed by atoms with Crippen molar-refractivity contribution in [3.8, 4) is 0 Å². The zero-order chi connectivity index (χ0) is 33.1. The van der Waals surface area contributed by atoms with Gasteiger partial charge in [0.05, 0.1) is 0 Å². The third kappa shape index (κ3) is 9.01. The van der Waals surface area contributed by atoms with E-state index in [1.54, 1.807) is 0 Å². The number of aliphatic carboxylic acids is 1. The zero-order valence-corrected chi connectivity index (χ0v) is 23.2. The summed E-state index contributed by atoms with van der Waals surface area (Å²) in [7, 11) is 0. The van der Waals surface area contributed by atoms with Gasteiger partial charge in [-0.1, -0.05) is 103 Å². The van der Waals surface area contributed by atoms with Crippen molar-refractivity contribution < 1.29 is 71.4 Å². The van der Waals surface area contributed by atoms with Crippen LogP contribution in [0.15, 0.2) is 0 Å². The Morgan fingerprint density at radius 3 is 0.976 bits per heavy atom. The molecule has 1 unspecified atom stereocenters. The van der Waals surface area contributed by atoms with Crippen molar-refractivity contribution in [1.82, 2.24) is 0 Å². The normalized spacial score (nSPS) is 15.6. The summed E-state index contributed by atoms with van der Waals surface area (Å²) in [5.41, 5.74) is -5.71. The van der Waals surface area contributed by atoms with Crippen LogP contribution in [0.5, 0.6) is 0 Å². The van der Waals surface area contributed by atoms with Crippen molar-refractivity contribution in [2.45, 2.75) is 158 Å². The number of carbonyl (C=O) groups is 1. The van der Waals surface area contributed by atoms with Gasteiger partial charge in [0.2, 0.25) is 0 Å². The van der Waals surface area contributed by atoms with Crippen molar-refractivity contribution in [3.63, 3.8) is 0 Å². The zero-order valence-electron chi connectivity index (χ0n) is 23.2. The van der Waals surface area contributed by atoms with Crippen LogP contribution >= 0.6 is 0 Å². The van der Waals surface area contributed by atoms with Crippen LogP contribution in [0.2, 0.25) is 0 Å². The lowest BCUT2D eigenvalue weighted by molar-refractivity contribution is -0.446. The van der Waals surface area contributed by atoms with E-state index in [0.717, 1.165) is 38.5 Å². The molecule has 0 aliphatic rings. The first-order valence-corrected chi connectivity index (χ1v) is 13.9. The second kappa shape index (κ2) is 16.0. The van der Waals surface area contributed by atoms with Gasteiger partial charge >= 0.3 is 41.8 Å². The lowest BCUT2D eigenvalue weighted by Crippen LogP contribution is -2.74. The summed E-state index contributed by atoms with van der Waals surface area (Å²) < 4.78 is 188. The minimum absolute atomic E-state index is 0.140. The third-order valence-electron chi connectivity index (χ3n) is 7.14. The fraction of sp³-hybridized carbons (Fsp3) is 0.962. The summed E-state index contributed by atoms with van der Waals surface area (Å²) in [5, 5.41) is 8.77. The Kier molecular flexibility index (Phi) is 15.4. The number of halogens is 14. The Morgan fingerprint density at radius 1 is 0.429 bits per heavy atom. The van der Waals surface area contributed by atoms with Crippen molar-refractivity contribution in [2.75, 3.05) is 0 Å². The van der Waals surface area contributed by atoms with Gasteiger partial charge in [0.25, 0.3) is 5.67 Å².